The minimum atomic E-state index is -4.31. The molecule has 1 aliphatic rings. The van der Waals surface area contributed by atoms with Crippen LogP contribution in [-0.4, -0.2) is 9.97 Å². The van der Waals surface area contributed by atoms with Crippen LogP contribution < -0.4 is 0 Å². The van der Waals surface area contributed by atoms with Crippen LogP contribution in [0.4, 0.5) is 13.2 Å². The fraction of sp³-hybridized carbons (Fsp3) is 0.417. The van der Waals surface area contributed by atoms with Gasteiger partial charge in [-0.1, -0.05) is 0 Å². The van der Waals surface area contributed by atoms with Crippen molar-refractivity contribution in [2.75, 3.05) is 0 Å². The van der Waals surface area contributed by atoms with E-state index in [1.165, 1.54) is 0 Å². The van der Waals surface area contributed by atoms with Crippen LogP contribution in [0.2, 0.25) is 0 Å². The average molecular weight is 240 g/mol. The lowest BCUT2D eigenvalue weighted by atomic mass is 10.1. The Hall–Kier alpha value is -1.52. The molecule has 0 unspecified atom stereocenters. The molecular weight excluding hydrogens is 229 g/mol. The second-order valence-electron chi connectivity index (χ2n) is 4.47. The Balaban J connectivity index is 2.40. The molecular formula is C12H11F3N2. The van der Waals surface area contributed by atoms with E-state index in [0.717, 1.165) is 30.2 Å². The molecule has 0 aliphatic heterocycles. The van der Waals surface area contributed by atoms with Crippen molar-refractivity contribution in [1.82, 2.24) is 9.97 Å². The number of halogens is 3. The van der Waals surface area contributed by atoms with Gasteiger partial charge in [-0.05, 0) is 37.8 Å². The van der Waals surface area contributed by atoms with Crippen molar-refractivity contribution in [1.29, 1.82) is 0 Å². The molecule has 0 saturated heterocycles. The molecule has 0 saturated carbocycles. The summed E-state index contributed by atoms with van der Waals surface area (Å²) in [5.74, 6) is 0. The van der Waals surface area contributed by atoms with Crippen molar-refractivity contribution in [2.24, 2.45) is 0 Å². The van der Waals surface area contributed by atoms with Crippen molar-refractivity contribution in [3.63, 3.8) is 0 Å². The first kappa shape index (κ1) is 10.6. The lowest BCUT2D eigenvalue weighted by Gasteiger charge is -2.10. The maximum atomic E-state index is 13.0. The number of pyridine rings is 1. The molecule has 17 heavy (non-hydrogen) atoms. The number of fused-ring (bicyclic) bond motifs is 3. The van der Waals surface area contributed by atoms with Crippen LogP contribution in [0.15, 0.2) is 6.07 Å². The molecule has 0 aromatic carbocycles. The molecule has 0 spiro atoms. The van der Waals surface area contributed by atoms with E-state index in [9.17, 15) is 13.2 Å². The van der Waals surface area contributed by atoms with Crippen molar-refractivity contribution >= 4 is 11.0 Å². The predicted octanol–water partition coefficient (Wildman–Crippen LogP) is 3.38. The Morgan fingerprint density at radius 1 is 1.29 bits per heavy atom. The summed E-state index contributed by atoms with van der Waals surface area (Å²) >= 11 is 0. The molecule has 1 N–H and O–H groups in total. The summed E-state index contributed by atoms with van der Waals surface area (Å²) in [5, 5.41) is 0.274. The molecule has 1 aliphatic carbocycles. The highest BCUT2D eigenvalue weighted by atomic mass is 19.4. The molecule has 0 radical (unpaired) electrons. The molecule has 90 valence electrons. The number of alkyl halides is 3. The van der Waals surface area contributed by atoms with Gasteiger partial charge in [0.05, 0.1) is 5.56 Å². The number of nitrogens with one attached hydrogen (secondary N) is 1. The van der Waals surface area contributed by atoms with Crippen LogP contribution in [-0.2, 0) is 19.0 Å². The molecule has 0 bridgehead atoms. The molecule has 2 nitrogen and oxygen atoms in total. The SMILES string of the molecule is Cc1cc(C(F)(F)F)c2c3c([nH]c2n1)CCC3. The Bertz CT molecular complexity index is 596. The highest BCUT2D eigenvalue weighted by molar-refractivity contribution is 5.86. The van der Waals surface area contributed by atoms with Gasteiger partial charge in [-0.3, -0.25) is 0 Å². The zero-order valence-corrected chi connectivity index (χ0v) is 9.28. The van der Waals surface area contributed by atoms with Crippen LogP contribution >= 0.6 is 0 Å². The monoisotopic (exact) mass is 240 g/mol. The van der Waals surface area contributed by atoms with Crippen molar-refractivity contribution in [2.45, 2.75) is 32.4 Å². The van der Waals surface area contributed by atoms with Crippen molar-refractivity contribution < 1.29 is 13.2 Å². The van der Waals surface area contributed by atoms with Crippen LogP contribution in [0.5, 0.6) is 0 Å². The van der Waals surface area contributed by atoms with Gasteiger partial charge in [0, 0.05) is 16.8 Å². The molecule has 0 fully saturated rings. The normalized spacial score (nSPS) is 15.5. The van der Waals surface area contributed by atoms with E-state index in [1.807, 2.05) is 0 Å². The second kappa shape index (κ2) is 3.24. The standard InChI is InChI=1S/C12H11F3N2/c1-6-5-8(12(13,14)15)10-7-3-2-4-9(7)17-11(10)16-6/h5H,2-4H2,1H3,(H,16,17). The first-order valence-corrected chi connectivity index (χ1v) is 5.55. The first-order chi connectivity index (χ1) is 7.97. The van der Waals surface area contributed by atoms with Gasteiger partial charge < -0.3 is 4.98 Å². The zero-order valence-electron chi connectivity index (χ0n) is 9.28. The van der Waals surface area contributed by atoms with Gasteiger partial charge in [0.1, 0.15) is 5.65 Å². The second-order valence-corrected chi connectivity index (χ2v) is 4.47. The lowest BCUT2D eigenvalue weighted by molar-refractivity contribution is -0.136. The van der Waals surface area contributed by atoms with E-state index in [2.05, 4.69) is 9.97 Å². The van der Waals surface area contributed by atoms with E-state index in [4.69, 9.17) is 0 Å². The quantitative estimate of drug-likeness (QED) is 0.751. The smallest absolute Gasteiger partial charge is 0.343 e. The molecule has 2 heterocycles. The molecule has 0 atom stereocenters. The molecule has 3 rings (SSSR count). The highest BCUT2D eigenvalue weighted by Gasteiger charge is 2.35. The Morgan fingerprint density at radius 2 is 2.06 bits per heavy atom. The number of hydrogen-bond donors (Lipinski definition) is 1. The van der Waals surface area contributed by atoms with Crippen LogP contribution in [0, 0.1) is 6.92 Å². The van der Waals surface area contributed by atoms with Crippen LogP contribution in [0.1, 0.15) is 28.9 Å². The Morgan fingerprint density at radius 3 is 2.76 bits per heavy atom. The highest BCUT2D eigenvalue weighted by Crippen LogP contribution is 2.39. The van der Waals surface area contributed by atoms with E-state index in [1.54, 1.807) is 6.92 Å². The largest absolute Gasteiger partial charge is 0.417 e. The minimum Gasteiger partial charge on any atom is -0.343 e. The molecule has 0 amide bonds. The topological polar surface area (TPSA) is 28.7 Å². The van der Waals surface area contributed by atoms with Gasteiger partial charge in [0.2, 0.25) is 0 Å². The van der Waals surface area contributed by atoms with Gasteiger partial charge in [-0.25, -0.2) is 4.98 Å². The van der Waals surface area contributed by atoms with E-state index >= 15 is 0 Å². The number of hydrogen-bond acceptors (Lipinski definition) is 1. The number of aromatic nitrogens is 2. The summed E-state index contributed by atoms with van der Waals surface area (Å²) in [6, 6.07) is 1.13. The third kappa shape index (κ3) is 1.52. The summed E-state index contributed by atoms with van der Waals surface area (Å²) in [6.45, 7) is 1.58. The van der Waals surface area contributed by atoms with Gasteiger partial charge in [-0.2, -0.15) is 13.2 Å². The lowest BCUT2D eigenvalue weighted by Crippen LogP contribution is -2.07. The zero-order chi connectivity index (χ0) is 12.2. The van der Waals surface area contributed by atoms with E-state index in [-0.39, 0.29) is 5.39 Å². The van der Waals surface area contributed by atoms with Gasteiger partial charge in [-0.15, -0.1) is 0 Å². The summed E-state index contributed by atoms with van der Waals surface area (Å²) in [5.41, 5.74) is 1.94. The third-order valence-corrected chi connectivity index (χ3v) is 3.24. The van der Waals surface area contributed by atoms with Crippen LogP contribution in [0.25, 0.3) is 11.0 Å². The van der Waals surface area contributed by atoms with E-state index < -0.39 is 11.7 Å². The van der Waals surface area contributed by atoms with Gasteiger partial charge >= 0.3 is 6.18 Å². The molecule has 2 aromatic heterocycles. The maximum Gasteiger partial charge on any atom is 0.417 e. The number of rotatable bonds is 0. The fourth-order valence-electron chi connectivity index (χ4n) is 2.59. The number of H-pyrrole nitrogens is 1. The number of aromatic amines is 1. The maximum absolute atomic E-state index is 13.0. The summed E-state index contributed by atoms with van der Waals surface area (Å²) in [7, 11) is 0. The molecule has 5 heteroatoms. The third-order valence-electron chi connectivity index (χ3n) is 3.24. The van der Waals surface area contributed by atoms with Crippen molar-refractivity contribution in [3.8, 4) is 0 Å². The average Bonchev–Trinajstić information content (AvgIpc) is 2.73. The van der Waals surface area contributed by atoms with Crippen molar-refractivity contribution in [3.05, 3.63) is 28.6 Å². The van der Waals surface area contributed by atoms with Crippen LogP contribution in [0.3, 0.4) is 0 Å². The summed E-state index contributed by atoms with van der Waals surface area (Å²) in [4.78, 5) is 7.18. The molecule has 2 aromatic rings. The Labute approximate surface area is 95.9 Å². The Kier molecular flexibility index (Phi) is 2.03. The minimum absolute atomic E-state index is 0.274. The van der Waals surface area contributed by atoms with Gasteiger partial charge in [0.15, 0.2) is 0 Å². The number of nitrogens with zero attached hydrogens (tertiary/aromatic N) is 1. The summed E-state index contributed by atoms with van der Waals surface area (Å²) < 4.78 is 39.0. The summed E-state index contributed by atoms with van der Waals surface area (Å²) in [6.07, 6.45) is -1.86. The first-order valence-electron chi connectivity index (χ1n) is 5.55. The van der Waals surface area contributed by atoms with E-state index in [0.29, 0.717) is 17.8 Å². The fourth-order valence-corrected chi connectivity index (χ4v) is 2.59. The predicted molar refractivity (Wildman–Crippen MR) is 57.9 cm³/mol. The van der Waals surface area contributed by atoms with Gasteiger partial charge in [0.25, 0.3) is 0 Å². The number of aryl methyl sites for hydroxylation is 3.